The highest BCUT2D eigenvalue weighted by molar-refractivity contribution is 5.47. The molecule has 17 heavy (non-hydrogen) atoms. The van der Waals surface area contributed by atoms with Gasteiger partial charge in [0, 0.05) is 25.6 Å². The molecule has 94 valence electrons. The third-order valence-electron chi connectivity index (χ3n) is 3.37. The molecule has 2 N–H and O–H groups in total. The van der Waals surface area contributed by atoms with Crippen molar-refractivity contribution >= 4 is 11.6 Å². The van der Waals surface area contributed by atoms with Crippen molar-refractivity contribution in [3.63, 3.8) is 0 Å². The van der Waals surface area contributed by atoms with Crippen LogP contribution in [0.25, 0.3) is 0 Å². The van der Waals surface area contributed by atoms with E-state index in [-0.39, 0.29) is 0 Å². The molecular weight excluding hydrogens is 212 g/mol. The molecule has 0 radical (unpaired) electrons. The van der Waals surface area contributed by atoms with Crippen LogP contribution in [-0.4, -0.2) is 23.6 Å². The van der Waals surface area contributed by atoms with Crippen LogP contribution < -0.4 is 10.6 Å². The van der Waals surface area contributed by atoms with E-state index in [1.54, 1.807) is 0 Å². The average molecular weight is 234 g/mol. The van der Waals surface area contributed by atoms with E-state index >= 15 is 0 Å². The molecule has 2 rings (SSSR count). The first-order chi connectivity index (χ1) is 8.10. The highest BCUT2D eigenvalue weighted by atomic mass is 15.2. The molecular formula is C13H22N4. The van der Waals surface area contributed by atoms with Crippen molar-refractivity contribution in [3.05, 3.63) is 11.9 Å². The van der Waals surface area contributed by atoms with Crippen LogP contribution in [0.1, 0.15) is 44.9 Å². The van der Waals surface area contributed by atoms with Crippen LogP contribution in [0.2, 0.25) is 0 Å². The van der Waals surface area contributed by atoms with E-state index in [4.69, 9.17) is 5.73 Å². The fourth-order valence-corrected chi connectivity index (χ4v) is 1.88. The summed E-state index contributed by atoms with van der Waals surface area (Å²) in [5.74, 6) is 3.69. The van der Waals surface area contributed by atoms with Gasteiger partial charge in [-0.1, -0.05) is 20.3 Å². The molecule has 1 aliphatic rings. The third kappa shape index (κ3) is 3.08. The van der Waals surface area contributed by atoms with Crippen LogP contribution in [0.5, 0.6) is 0 Å². The maximum atomic E-state index is 5.85. The predicted octanol–water partition coefficient (Wildman–Crippen LogP) is 2.42. The second kappa shape index (κ2) is 4.90. The van der Waals surface area contributed by atoms with Crippen LogP contribution >= 0.6 is 0 Å². The van der Waals surface area contributed by atoms with Gasteiger partial charge < -0.3 is 10.6 Å². The van der Waals surface area contributed by atoms with Crippen LogP contribution in [0.15, 0.2) is 6.07 Å². The summed E-state index contributed by atoms with van der Waals surface area (Å²) in [6.45, 7) is 5.47. The molecule has 0 bridgehead atoms. The van der Waals surface area contributed by atoms with Crippen molar-refractivity contribution in [2.75, 3.05) is 24.2 Å². The molecule has 1 aliphatic carbocycles. The van der Waals surface area contributed by atoms with Crippen molar-refractivity contribution in [2.45, 2.75) is 39.0 Å². The van der Waals surface area contributed by atoms with Gasteiger partial charge >= 0.3 is 0 Å². The number of aromatic nitrogens is 2. The van der Waals surface area contributed by atoms with E-state index in [1.807, 2.05) is 6.07 Å². The quantitative estimate of drug-likeness (QED) is 0.850. The molecule has 1 atom stereocenters. The van der Waals surface area contributed by atoms with Crippen LogP contribution in [0.4, 0.5) is 11.6 Å². The Morgan fingerprint density at radius 2 is 2.18 bits per heavy atom. The Labute approximate surface area is 103 Å². The minimum atomic E-state index is 0.550. The molecule has 1 fully saturated rings. The van der Waals surface area contributed by atoms with Crippen LogP contribution in [0.3, 0.4) is 0 Å². The first-order valence-electron chi connectivity index (χ1n) is 6.45. The minimum absolute atomic E-state index is 0.550. The lowest BCUT2D eigenvalue weighted by Crippen LogP contribution is -2.25. The van der Waals surface area contributed by atoms with Crippen molar-refractivity contribution in [2.24, 2.45) is 5.92 Å². The standard InChI is InChI=1S/C13H22N4/c1-4-9(2)8-17(3)12-7-11(14)15-13(16-12)10-5-6-10/h7,9-10H,4-6,8H2,1-3H3,(H2,14,15,16). The molecule has 4 nitrogen and oxygen atoms in total. The number of nitrogen functional groups attached to an aromatic ring is 1. The summed E-state index contributed by atoms with van der Waals surface area (Å²) in [6, 6.07) is 1.87. The predicted molar refractivity (Wildman–Crippen MR) is 71.1 cm³/mol. The van der Waals surface area contributed by atoms with Crippen molar-refractivity contribution < 1.29 is 0 Å². The maximum Gasteiger partial charge on any atom is 0.136 e. The molecule has 1 heterocycles. The van der Waals surface area contributed by atoms with Gasteiger partial charge in [-0.05, 0) is 18.8 Å². The van der Waals surface area contributed by atoms with Gasteiger partial charge in [0.2, 0.25) is 0 Å². The Morgan fingerprint density at radius 3 is 2.76 bits per heavy atom. The molecule has 0 aromatic carbocycles. The molecule has 1 aromatic heterocycles. The Kier molecular flexibility index (Phi) is 3.50. The highest BCUT2D eigenvalue weighted by Crippen LogP contribution is 2.38. The van der Waals surface area contributed by atoms with Gasteiger partial charge in [-0.15, -0.1) is 0 Å². The molecule has 0 spiro atoms. The van der Waals surface area contributed by atoms with Gasteiger partial charge in [-0.25, -0.2) is 9.97 Å². The first kappa shape index (κ1) is 12.1. The van der Waals surface area contributed by atoms with Crippen molar-refractivity contribution in [1.82, 2.24) is 9.97 Å². The van der Waals surface area contributed by atoms with Crippen molar-refractivity contribution in [3.8, 4) is 0 Å². The Bertz CT molecular complexity index is 387. The van der Waals surface area contributed by atoms with E-state index < -0.39 is 0 Å². The summed E-state index contributed by atoms with van der Waals surface area (Å²) in [7, 11) is 2.07. The fraction of sp³-hybridized carbons (Fsp3) is 0.692. The second-order valence-corrected chi connectivity index (χ2v) is 5.18. The Morgan fingerprint density at radius 1 is 1.47 bits per heavy atom. The molecule has 0 aliphatic heterocycles. The van der Waals surface area contributed by atoms with E-state index in [0.29, 0.717) is 17.7 Å². The zero-order valence-electron chi connectivity index (χ0n) is 11.0. The van der Waals surface area contributed by atoms with Gasteiger partial charge in [-0.2, -0.15) is 0 Å². The van der Waals surface area contributed by atoms with Gasteiger partial charge in [0.25, 0.3) is 0 Å². The summed E-state index contributed by atoms with van der Waals surface area (Å²) < 4.78 is 0. The third-order valence-corrected chi connectivity index (χ3v) is 3.37. The number of nitrogens with zero attached hydrogens (tertiary/aromatic N) is 3. The number of anilines is 2. The van der Waals surface area contributed by atoms with Crippen LogP contribution in [-0.2, 0) is 0 Å². The first-order valence-corrected chi connectivity index (χ1v) is 6.45. The lowest BCUT2D eigenvalue weighted by Gasteiger charge is -2.22. The number of rotatable bonds is 5. The van der Waals surface area contributed by atoms with Gasteiger partial charge in [0.1, 0.15) is 17.5 Å². The summed E-state index contributed by atoms with van der Waals surface area (Å²) >= 11 is 0. The summed E-state index contributed by atoms with van der Waals surface area (Å²) in [5, 5.41) is 0. The summed E-state index contributed by atoms with van der Waals surface area (Å²) in [4.78, 5) is 11.1. The normalized spacial score (nSPS) is 16.9. The zero-order chi connectivity index (χ0) is 12.4. The lowest BCUT2D eigenvalue weighted by atomic mass is 10.1. The topological polar surface area (TPSA) is 55.0 Å². The monoisotopic (exact) mass is 234 g/mol. The number of hydrogen-bond acceptors (Lipinski definition) is 4. The zero-order valence-corrected chi connectivity index (χ0v) is 11.0. The Balaban J connectivity index is 2.13. The molecule has 0 saturated heterocycles. The maximum absolute atomic E-state index is 5.85. The van der Waals surface area contributed by atoms with E-state index in [1.165, 1.54) is 19.3 Å². The van der Waals surface area contributed by atoms with Gasteiger partial charge in [0.05, 0.1) is 0 Å². The van der Waals surface area contributed by atoms with Crippen LogP contribution in [0, 0.1) is 5.92 Å². The van der Waals surface area contributed by atoms with E-state index in [9.17, 15) is 0 Å². The van der Waals surface area contributed by atoms with Gasteiger partial charge in [-0.3, -0.25) is 0 Å². The number of nitrogens with two attached hydrogens (primary N) is 1. The minimum Gasteiger partial charge on any atom is -0.384 e. The molecule has 4 heteroatoms. The SMILES string of the molecule is CCC(C)CN(C)c1cc(N)nc(C2CC2)n1. The molecule has 1 unspecified atom stereocenters. The fourth-order valence-electron chi connectivity index (χ4n) is 1.88. The lowest BCUT2D eigenvalue weighted by molar-refractivity contribution is 0.557. The van der Waals surface area contributed by atoms with E-state index in [2.05, 4.69) is 35.8 Å². The van der Waals surface area contributed by atoms with Gasteiger partial charge in [0.15, 0.2) is 0 Å². The van der Waals surface area contributed by atoms with Crippen molar-refractivity contribution in [1.29, 1.82) is 0 Å². The smallest absolute Gasteiger partial charge is 0.136 e. The summed E-state index contributed by atoms with van der Waals surface area (Å²) in [5.41, 5.74) is 5.85. The highest BCUT2D eigenvalue weighted by Gasteiger charge is 2.27. The van der Waals surface area contributed by atoms with E-state index in [0.717, 1.165) is 18.2 Å². The molecule has 0 amide bonds. The molecule has 1 aromatic rings. The average Bonchev–Trinajstić information content (AvgIpc) is 3.11. The summed E-state index contributed by atoms with van der Waals surface area (Å²) in [6.07, 6.45) is 3.59. The molecule has 1 saturated carbocycles. The Hall–Kier alpha value is -1.32. The second-order valence-electron chi connectivity index (χ2n) is 5.18. The largest absolute Gasteiger partial charge is 0.384 e. The number of hydrogen-bond donors (Lipinski definition) is 1.